The van der Waals surface area contributed by atoms with E-state index >= 15 is 0 Å². The summed E-state index contributed by atoms with van der Waals surface area (Å²) in [7, 11) is 0. The van der Waals surface area contributed by atoms with Crippen molar-refractivity contribution in [1.29, 1.82) is 0 Å². The lowest BCUT2D eigenvalue weighted by molar-refractivity contribution is 0.628. The second kappa shape index (κ2) is 4.98. The fourth-order valence-electron chi connectivity index (χ4n) is 1.32. The topological polar surface area (TPSA) is 37.8 Å². The van der Waals surface area contributed by atoms with Crippen LogP contribution in [0.2, 0.25) is 5.02 Å². The molecule has 3 nitrogen and oxygen atoms in total. The van der Waals surface area contributed by atoms with Crippen molar-refractivity contribution in [3.63, 3.8) is 0 Å². The van der Waals surface area contributed by atoms with Gasteiger partial charge in [0, 0.05) is 11.8 Å². The van der Waals surface area contributed by atoms with E-state index in [9.17, 15) is 4.39 Å². The molecule has 0 saturated heterocycles. The molecule has 1 aromatic carbocycles. The van der Waals surface area contributed by atoms with Gasteiger partial charge in [-0.05, 0) is 41.1 Å². The van der Waals surface area contributed by atoms with E-state index in [1.165, 1.54) is 12.1 Å². The third kappa shape index (κ3) is 3.14. The van der Waals surface area contributed by atoms with Crippen molar-refractivity contribution < 1.29 is 4.39 Å². The number of nitrogens with zero attached hydrogens (tertiary/aromatic N) is 2. The monoisotopic (exact) mass is 315 g/mol. The molecule has 0 atom stereocenters. The van der Waals surface area contributed by atoms with Crippen LogP contribution >= 0.6 is 27.5 Å². The fourth-order valence-corrected chi connectivity index (χ4v) is 1.97. The Morgan fingerprint density at radius 3 is 2.71 bits per heavy atom. The zero-order chi connectivity index (χ0) is 12.4. The second-order valence-corrected chi connectivity index (χ2v) is 4.60. The first-order valence-electron chi connectivity index (χ1n) is 4.78. The molecule has 1 aromatic heterocycles. The first kappa shape index (κ1) is 12.3. The molecule has 0 bridgehead atoms. The van der Waals surface area contributed by atoms with E-state index in [0.29, 0.717) is 21.9 Å². The Morgan fingerprint density at radius 1 is 1.29 bits per heavy atom. The van der Waals surface area contributed by atoms with Gasteiger partial charge in [-0.25, -0.2) is 14.4 Å². The first-order chi connectivity index (χ1) is 8.04. The molecular weight excluding hydrogens is 308 g/mol. The molecule has 0 aliphatic heterocycles. The van der Waals surface area contributed by atoms with Crippen LogP contribution in [-0.4, -0.2) is 9.97 Å². The van der Waals surface area contributed by atoms with Gasteiger partial charge in [-0.15, -0.1) is 0 Å². The van der Waals surface area contributed by atoms with Crippen LogP contribution in [0.5, 0.6) is 0 Å². The predicted octanol–water partition coefficient (Wildman–Crippen LogP) is 4.08. The molecule has 2 aromatic rings. The second-order valence-electron chi connectivity index (χ2n) is 3.38. The Balaban J connectivity index is 2.28. The molecule has 6 heteroatoms. The van der Waals surface area contributed by atoms with Crippen molar-refractivity contribution in [2.24, 2.45) is 0 Å². The van der Waals surface area contributed by atoms with E-state index in [-0.39, 0.29) is 5.02 Å². The lowest BCUT2D eigenvalue weighted by atomic mass is 10.3. The molecule has 0 amide bonds. The maximum absolute atomic E-state index is 13.0. The standard InChI is InChI=1S/C11H8BrClFN3/c1-6-15-10(12)5-11(16-6)17-7-2-3-9(14)8(13)4-7/h2-5H,1H3,(H,15,16,17). The van der Waals surface area contributed by atoms with Crippen LogP contribution in [0.1, 0.15) is 5.82 Å². The van der Waals surface area contributed by atoms with Crippen molar-refractivity contribution in [2.75, 3.05) is 5.32 Å². The number of halogens is 3. The van der Waals surface area contributed by atoms with Crippen LogP contribution < -0.4 is 5.32 Å². The third-order valence-electron chi connectivity index (χ3n) is 2.00. The zero-order valence-corrected chi connectivity index (χ0v) is 11.2. The van der Waals surface area contributed by atoms with Gasteiger partial charge in [0.2, 0.25) is 0 Å². The van der Waals surface area contributed by atoms with Crippen LogP contribution in [0.4, 0.5) is 15.9 Å². The summed E-state index contributed by atoms with van der Waals surface area (Å²) in [5, 5.41) is 3.09. The Labute approximate surface area is 111 Å². The highest BCUT2D eigenvalue weighted by Gasteiger charge is 2.03. The van der Waals surface area contributed by atoms with Gasteiger partial charge in [0.05, 0.1) is 5.02 Å². The van der Waals surface area contributed by atoms with Crippen LogP contribution in [0.15, 0.2) is 28.9 Å². The number of rotatable bonds is 2. The number of anilines is 2. The smallest absolute Gasteiger partial charge is 0.141 e. The van der Waals surface area contributed by atoms with E-state index in [1.54, 1.807) is 19.1 Å². The molecule has 1 heterocycles. The number of nitrogens with one attached hydrogen (secondary N) is 1. The number of hydrogen-bond donors (Lipinski definition) is 1. The average molecular weight is 317 g/mol. The third-order valence-corrected chi connectivity index (χ3v) is 2.69. The van der Waals surface area contributed by atoms with E-state index in [1.807, 2.05) is 0 Å². The maximum atomic E-state index is 13.0. The summed E-state index contributed by atoms with van der Waals surface area (Å²) in [6.07, 6.45) is 0. The quantitative estimate of drug-likeness (QED) is 0.848. The van der Waals surface area contributed by atoms with Gasteiger partial charge in [-0.3, -0.25) is 0 Å². The molecule has 88 valence electrons. The average Bonchev–Trinajstić information content (AvgIpc) is 2.22. The van der Waals surface area contributed by atoms with Crippen LogP contribution in [0.25, 0.3) is 0 Å². The van der Waals surface area contributed by atoms with E-state index in [4.69, 9.17) is 11.6 Å². The molecule has 0 fully saturated rings. The molecule has 0 aliphatic rings. The highest BCUT2D eigenvalue weighted by molar-refractivity contribution is 9.10. The molecule has 1 N–H and O–H groups in total. The van der Waals surface area contributed by atoms with E-state index < -0.39 is 5.82 Å². The summed E-state index contributed by atoms with van der Waals surface area (Å²) >= 11 is 8.96. The van der Waals surface area contributed by atoms with Gasteiger partial charge >= 0.3 is 0 Å². The van der Waals surface area contributed by atoms with Crippen molar-refractivity contribution in [3.05, 3.63) is 45.5 Å². The summed E-state index contributed by atoms with van der Waals surface area (Å²) < 4.78 is 13.7. The Bertz CT molecular complexity index is 542. The molecule has 0 spiro atoms. The van der Waals surface area contributed by atoms with E-state index in [0.717, 1.165) is 0 Å². The largest absolute Gasteiger partial charge is 0.340 e. The minimum absolute atomic E-state index is 0.0693. The minimum Gasteiger partial charge on any atom is -0.340 e. The van der Waals surface area contributed by atoms with Gasteiger partial charge in [-0.2, -0.15) is 0 Å². The molecule has 17 heavy (non-hydrogen) atoms. The number of hydrogen-bond acceptors (Lipinski definition) is 3. The van der Waals surface area contributed by atoms with Gasteiger partial charge in [0.15, 0.2) is 0 Å². The zero-order valence-electron chi connectivity index (χ0n) is 8.84. The molecular formula is C11H8BrClFN3. The van der Waals surface area contributed by atoms with Gasteiger partial charge in [0.25, 0.3) is 0 Å². The summed E-state index contributed by atoms with van der Waals surface area (Å²) in [6, 6.07) is 6.12. The summed E-state index contributed by atoms with van der Waals surface area (Å²) in [5.41, 5.74) is 0.668. The lowest BCUT2D eigenvalue weighted by Gasteiger charge is -2.07. The Hall–Kier alpha value is -1.20. The van der Waals surface area contributed by atoms with E-state index in [2.05, 4.69) is 31.2 Å². The Morgan fingerprint density at radius 2 is 2.06 bits per heavy atom. The SMILES string of the molecule is Cc1nc(Br)cc(Nc2ccc(F)c(Cl)c2)n1. The highest BCUT2D eigenvalue weighted by atomic mass is 79.9. The Kier molecular flexibility index (Phi) is 3.59. The molecule has 0 unspecified atom stereocenters. The van der Waals surface area contributed by atoms with Gasteiger partial charge < -0.3 is 5.32 Å². The lowest BCUT2D eigenvalue weighted by Crippen LogP contribution is -1.97. The van der Waals surface area contributed by atoms with Crippen molar-refractivity contribution in [3.8, 4) is 0 Å². The van der Waals surface area contributed by atoms with Crippen molar-refractivity contribution in [1.82, 2.24) is 9.97 Å². The van der Waals surface area contributed by atoms with Gasteiger partial charge in [-0.1, -0.05) is 11.6 Å². The van der Waals surface area contributed by atoms with Crippen LogP contribution in [0, 0.1) is 12.7 Å². The predicted molar refractivity (Wildman–Crippen MR) is 69.2 cm³/mol. The van der Waals surface area contributed by atoms with Crippen LogP contribution in [0.3, 0.4) is 0 Å². The number of aryl methyl sites for hydroxylation is 1. The van der Waals surface area contributed by atoms with Crippen molar-refractivity contribution in [2.45, 2.75) is 6.92 Å². The van der Waals surface area contributed by atoms with Crippen LogP contribution in [-0.2, 0) is 0 Å². The minimum atomic E-state index is -0.447. The number of aromatic nitrogens is 2. The molecule has 0 saturated carbocycles. The van der Waals surface area contributed by atoms with Gasteiger partial charge in [0.1, 0.15) is 22.1 Å². The summed E-state index contributed by atoms with van der Waals surface area (Å²) in [5.74, 6) is 0.805. The molecule has 0 radical (unpaired) electrons. The maximum Gasteiger partial charge on any atom is 0.141 e. The highest BCUT2D eigenvalue weighted by Crippen LogP contribution is 2.22. The number of benzene rings is 1. The molecule has 2 rings (SSSR count). The normalized spacial score (nSPS) is 10.4. The summed E-state index contributed by atoms with van der Waals surface area (Å²) in [6.45, 7) is 1.79. The summed E-state index contributed by atoms with van der Waals surface area (Å²) in [4.78, 5) is 8.28. The molecule has 0 aliphatic carbocycles. The first-order valence-corrected chi connectivity index (χ1v) is 5.95. The fraction of sp³-hybridized carbons (Fsp3) is 0.0909. The van der Waals surface area contributed by atoms with Crippen molar-refractivity contribution >= 4 is 39.0 Å².